The SMILES string of the molecule is O=C(Nc1nnc(-c2ccccc2)s1)c1ccc(CN2CCN(S(=O)(=O)c3ccccc3)CC2)cc1. The molecule has 1 amide bonds. The molecule has 10 heteroatoms. The topological polar surface area (TPSA) is 95.5 Å². The number of aromatic nitrogens is 2. The van der Waals surface area contributed by atoms with Crippen LogP contribution in [0.5, 0.6) is 0 Å². The van der Waals surface area contributed by atoms with E-state index in [4.69, 9.17) is 0 Å². The van der Waals surface area contributed by atoms with Crippen molar-refractivity contribution in [3.8, 4) is 10.6 Å². The molecule has 0 unspecified atom stereocenters. The van der Waals surface area contributed by atoms with Crippen LogP contribution in [-0.2, 0) is 16.6 Å². The van der Waals surface area contributed by atoms with Crippen LogP contribution in [0.1, 0.15) is 15.9 Å². The molecule has 0 atom stereocenters. The Morgan fingerprint density at radius 3 is 2.14 bits per heavy atom. The van der Waals surface area contributed by atoms with E-state index >= 15 is 0 Å². The summed E-state index contributed by atoms with van der Waals surface area (Å²) >= 11 is 1.33. The highest BCUT2D eigenvalue weighted by molar-refractivity contribution is 7.89. The van der Waals surface area contributed by atoms with Gasteiger partial charge >= 0.3 is 0 Å². The molecule has 1 fully saturated rings. The Morgan fingerprint density at radius 1 is 0.833 bits per heavy atom. The van der Waals surface area contributed by atoms with Crippen molar-refractivity contribution in [3.05, 3.63) is 96.1 Å². The van der Waals surface area contributed by atoms with Gasteiger partial charge in [0.1, 0.15) is 5.01 Å². The molecule has 1 aromatic heterocycles. The fraction of sp³-hybridized carbons (Fsp3) is 0.192. The van der Waals surface area contributed by atoms with Crippen LogP contribution in [0.3, 0.4) is 0 Å². The Morgan fingerprint density at radius 2 is 1.47 bits per heavy atom. The molecule has 0 radical (unpaired) electrons. The molecular formula is C26H25N5O3S2. The number of rotatable bonds is 7. The van der Waals surface area contributed by atoms with E-state index in [1.807, 2.05) is 48.5 Å². The number of nitrogens with zero attached hydrogens (tertiary/aromatic N) is 4. The summed E-state index contributed by atoms with van der Waals surface area (Å²) in [4.78, 5) is 15.2. The van der Waals surface area contributed by atoms with Crippen molar-refractivity contribution in [1.82, 2.24) is 19.4 Å². The van der Waals surface area contributed by atoms with Gasteiger partial charge in [0.25, 0.3) is 5.91 Å². The van der Waals surface area contributed by atoms with Crippen LogP contribution >= 0.6 is 11.3 Å². The van der Waals surface area contributed by atoms with Gasteiger partial charge in [0.05, 0.1) is 4.90 Å². The van der Waals surface area contributed by atoms with E-state index in [1.54, 1.807) is 40.7 Å². The second-order valence-electron chi connectivity index (χ2n) is 8.42. The van der Waals surface area contributed by atoms with Crippen molar-refractivity contribution in [2.24, 2.45) is 0 Å². The van der Waals surface area contributed by atoms with Crippen LogP contribution < -0.4 is 5.32 Å². The molecule has 2 heterocycles. The van der Waals surface area contributed by atoms with Gasteiger partial charge in [-0.3, -0.25) is 15.0 Å². The first-order chi connectivity index (χ1) is 17.5. The summed E-state index contributed by atoms with van der Waals surface area (Å²) in [6.07, 6.45) is 0. The lowest BCUT2D eigenvalue weighted by molar-refractivity contribution is 0.102. The van der Waals surface area contributed by atoms with Crippen molar-refractivity contribution in [2.45, 2.75) is 11.4 Å². The maximum Gasteiger partial charge on any atom is 0.257 e. The van der Waals surface area contributed by atoms with Crippen molar-refractivity contribution in [3.63, 3.8) is 0 Å². The predicted octanol–water partition coefficient (Wildman–Crippen LogP) is 3.96. The molecule has 8 nitrogen and oxygen atoms in total. The number of nitrogens with one attached hydrogen (secondary N) is 1. The van der Waals surface area contributed by atoms with Gasteiger partial charge in [-0.1, -0.05) is 72.0 Å². The Hall–Kier alpha value is -3.44. The normalized spacial score (nSPS) is 15.0. The van der Waals surface area contributed by atoms with Crippen LogP contribution in [0, 0.1) is 0 Å². The fourth-order valence-electron chi connectivity index (χ4n) is 4.03. The molecule has 1 aliphatic rings. The lowest BCUT2D eigenvalue weighted by Crippen LogP contribution is -2.48. The quantitative estimate of drug-likeness (QED) is 0.397. The second kappa shape index (κ2) is 10.7. The van der Waals surface area contributed by atoms with E-state index in [1.165, 1.54) is 11.3 Å². The van der Waals surface area contributed by atoms with Crippen LogP contribution in [0.2, 0.25) is 0 Å². The molecule has 3 aromatic carbocycles. The van der Waals surface area contributed by atoms with Gasteiger partial charge in [-0.05, 0) is 29.8 Å². The maximum absolute atomic E-state index is 12.8. The molecular weight excluding hydrogens is 494 g/mol. The summed E-state index contributed by atoms with van der Waals surface area (Å²) in [5, 5.41) is 12.2. The van der Waals surface area contributed by atoms with E-state index in [0.717, 1.165) is 16.1 Å². The highest BCUT2D eigenvalue weighted by Gasteiger charge is 2.28. The van der Waals surface area contributed by atoms with Crippen LogP contribution in [0.15, 0.2) is 89.8 Å². The molecule has 1 saturated heterocycles. The zero-order valence-electron chi connectivity index (χ0n) is 19.4. The van der Waals surface area contributed by atoms with E-state index < -0.39 is 10.0 Å². The third kappa shape index (κ3) is 5.52. The molecule has 1 N–H and O–H groups in total. The average Bonchev–Trinajstić information content (AvgIpc) is 3.39. The van der Waals surface area contributed by atoms with Crippen molar-refractivity contribution in [1.29, 1.82) is 0 Å². The van der Waals surface area contributed by atoms with Gasteiger partial charge in [0.2, 0.25) is 15.2 Å². The second-order valence-corrected chi connectivity index (χ2v) is 11.3. The van der Waals surface area contributed by atoms with Crippen molar-refractivity contribution < 1.29 is 13.2 Å². The zero-order chi connectivity index (χ0) is 25.0. The third-order valence-corrected chi connectivity index (χ3v) is 8.80. The lowest BCUT2D eigenvalue weighted by Gasteiger charge is -2.34. The molecule has 184 valence electrons. The van der Waals surface area contributed by atoms with E-state index in [2.05, 4.69) is 20.4 Å². The summed E-state index contributed by atoms with van der Waals surface area (Å²) in [5.41, 5.74) is 2.56. The minimum absolute atomic E-state index is 0.239. The van der Waals surface area contributed by atoms with Gasteiger partial charge in [-0.15, -0.1) is 10.2 Å². The van der Waals surface area contributed by atoms with Gasteiger partial charge in [-0.25, -0.2) is 8.42 Å². The molecule has 4 aromatic rings. The minimum atomic E-state index is -3.46. The smallest absolute Gasteiger partial charge is 0.257 e. The first-order valence-electron chi connectivity index (χ1n) is 11.6. The van der Waals surface area contributed by atoms with E-state index in [-0.39, 0.29) is 5.91 Å². The summed E-state index contributed by atoms with van der Waals surface area (Å²) < 4.78 is 27.2. The first kappa shape index (κ1) is 24.3. The Kier molecular flexibility index (Phi) is 7.19. The van der Waals surface area contributed by atoms with Gasteiger partial charge < -0.3 is 0 Å². The molecule has 5 rings (SSSR count). The third-order valence-electron chi connectivity index (χ3n) is 6.00. The molecule has 0 spiro atoms. The van der Waals surface area contributed by atoms with Crippen molar-refractivity contribution in [2.75, 3.05) is 31.5 Å². The van der Waals surface area contributed by atoms with E-state index in [9.17, 15) is 13.2 Å². The molecule has 36 heavy (non-hydrogen) atoms. The standard InChI is InChI=1S/C26H25N5O3S2/c32-24(27-26-29-28-25(35-26)22-7-3-1-4-8-22)21-13-11-20(12-14-21)19-30-15-17-31(18-16-30)36(33,34)23-9-5-2-6-10-23/h1-14H,15-19H2,(H,27,29,32). The molecule has 0 bridgehead atoms. The monoisotopic (exact) mass is 519 g/mol. The number of sulfonamides is 1. The van der Waals surface area contributed by atoms with Crippen molar-refractivity contribution >= 4 is 32.4 Å². The Balaban J connectivity index is 1.14. The molecule has 0 aliphatic carbocycles. The Labute approximate surface area is 214 Å². The minimum Gasteiger partial charge on any atom is -0.296 e. The number of hydrogen-bond acceptors (Lipinski definition) is 7. The number of anilines is 1. The number of carbonyl (C=O) groups excluding carboxylic acids is 1. The summed E-state index contributed by atoms with van der Waals surface area (Å²) in [6, 6.07) is 25.7. The first-order valence-corrected chi connectivity index (χ1v) is 13.8. The predicted molar refractivity (Wildman–Crippen MR) is 140 cm³/mol. The lowest BCUT2D eigenvalue weighted by atomic mass is 10.1. The summed E-state index contributed by atoms with van der Waals surface area (Å²) in [6.45, 7) is 2.89. The van der Waals surface area contributed by atoms with Gasteiger partial charge in [0.15, 0.2) is 0 Å². The largest absolute Gasteiger partial charge is 0.296 e. The average molecular weight is 520 g/mol. The number of carbonyl (C=O) groups is 1. The number of hydrogen-bond donors (Lipinski definition) is 1. The van der Waals surface area contributed by atoms with Gasteiger partial charge in [0, 0.05) is 43.9 Å². The molecule has 1 aliphatic heterocycles. The summed E-state index contributed by atoms with van der Waals surface area (Å²) in [7, 11) is -3.46. The zero-order valence-corrected chi connectivity index (χ0v) is 21.1. The summed E-state index contributed by atoms with van der Waals surface area (Å²) in [5.74, 6) is -0.239. The highest BCUT2D eigenvalue weighted by atomic mass is 32.2. The highest BCUT2D eigenvalue weighted by Crippen LogP contribution is 2.26. The Bertz CT molecular complexity index is 1420. The fourth-order valence-corrected chi connectivity index (χ4v) is 6.22. The molecule has 0 saturated carbocycles. The number of piperazine rings is 1. The van der Waals surface area contributed by atoms with Crippen LogP contribution in [0.4, 0.5) is 5.13 Å². The van der Waals surface area contributed by atoms with E-state index in [0.29, 0.717) is 48.3 Å². The van der Waals surface area contributed by atoms with Gasteiger partial charge in [-0.2, -0.15) is 4.31 Å². The van der Waals surface area contributed by atoms with Crippen LogP contribution in [-0.4, -0.2) is 59.9 Å². The number of benzene rings is 3. The van der Waals surface area contributed by atoms with Crippen LogP contribution in [0.25, 0.3) is 10.6 Å². The number of amides is 1. The maximum atomic E-state index is 12.8.